The van der Waals surface area contributed by atoms with Crippen LogP contribution in [0.5, 0.6) is 0 Å². The van der Waals surface area contributed by atoms with E-state index < -0.39 is 18.3 Å². The summed E-state index contributed by atoms with van der Waals surface area (Å²) in [6, 6.07) is 0. The lowest BCUT2D eigenvalue weighted by atomic mass is 10.2. The number of nitrogens with zero attached hydrogens (tertiary/aromatic N) is 2. The molecule has 4 nitrogen and oxygen atoms in total. The molecule has 1 aromatic heterocycles. The molecule has 0 fully saturated rings. The van der Waals surface area contributed by atoms with E-state index in [1.807, 2.05) is 0 Å². The Labute approximate surface area is 93.0 Å². The molecule has 1 N–H and O–H groups in total. The third-order valence-electron chi connectivity index (χ3n) is 1.91. The number of rotatable bonds is 4. The molecule has 84 valence electrons. The Morgan fingerprint density at radius 2 is 2.33 bits per heavy atom. The molecule has 1 heterocycles. The monoisotopic (exact) mass is 282 g/mol. The molecule has 0 aliphatic rings. The van der Waals surface area contributed by atoms with Crippen molar-refractivity contribution >= 4 is 21.9 Å². The molecule has 1 unspecified atom stereocenters. The predicted octanol–water partition coefficient (Wildman–Crippen LogP) is 2.30. The number of hydrogen-bond donors (Lipinski definition) is 1. The van der Waals surface area contributed by atoms with Crippen molar-refractivity contribution in [2.24, 2.45) is 5.92 Å². The molecule has 0 bridgehead atoms. The zero-order valence-electron chi connectivity index (χ0n) is 7.82. The molecule has 0 spiro atoms. The first kappa shape index (κ1) is 12.1. The Morgan fingerprint density at radius 3 is 2.80 bits per heavy atom. The van der Waals surface area contributed by atoms with E-state index in [2.05, 4.69) is 21.0 Å². The van der Waals surface area contributed by atoms with Gasteiger partial charge in [-0.15, -0.1) is 0 Å². The normalized spacial score (nSPS) is 13.1. The van der Waals surface area contributed by atoms with Gasteiger partial charge in [-0.05, 0) is 15.9 Å². The number of hydrogen-bond acceptors (Lipinski definition) is 2. The zero-order chi connectivity index (χ0) is 11.6. The van der Waals surface area contributed by atoms with E-state index in [1.54, 1.807) is 0 Å². The number of carbonyl (C=O) groups is 1. The van der Waals surface area contributed by atoms with Gasteiger partial charge in [-0.2, -0.15) is 5.10 Å². The van der Waals surface area contributed by atoms with Gasteiger partial charge < -0.3 is 5.11 Å². The summed E-state index contributed by atoms with van der Waals surface area (Å²) in [5.41, 5.74) is -0.289. The lowest BCUT2D eigenvalue weighted by Crippen LogP contribution is -2.19. The molecular weight excluding hydrogens is 274 g/mol. The first-order chi connectivity index (χ1) is 6.93. The van der Waals surface area contributed by atoms with Gasteiger partial charge in [-0.25, -0.2) is 8.78 Å². The largest absolute Gasteiger partial charge is 0.481 e. The van der Waals surface area contributed by atoms with Crippen LogP contribution in [0.15, 0.2) is 10.7 Å². The quantitative estimate of drug-likeness (QED) is 0.922. The van der Waals surface area contributed by atoms with Crippen molar-refractivity contribution in [1.29, 1.82) is 0 Å². The van der Waals surface area contributed by atoms with Gasteiger partial charge >= 0.3 is 5.97 Å². The molecular formula is C8H9BrF2N2O2. The molecule has 0 aromatic carbocycles. The van der Waals surface area contributed by atoms with Crippen molar-refractivity contribution in [2.75, 3.05) is 0 Å². The Morgan fingerprint density at radius 1 is 1.73 bits per heavy atom. The van der Waals surface area contributed by atoms with Gasteiger partial charge in [0.2, 0.25) is 0 Å². The van der Waals surface area contributed by atoms with E-state index in [1.165, 1.54) is 13.1 Å². The second-order valence-corrected chi connectivity index (χ2v) is 3.95. The van der Waals surface area contributed by atoms with Crippen molar-refractivity contribution in [2.45, 2.75) is 19.9 Å². The third kappa shape index (κ3) is 2.74. The van der Waals surface area contributed by atoms with Gasteiger partial charge in [0, 0.05) is 0 Å². The molecule has 15 heavy (non-hydrogen) atoms. The van der Waals surface area contributed by atoms with Crippen molar-refractivity contribution in [3.05, 3.63) is 16.4 Å². The van der Waals surface area contributed by atoms with Crippen LogP contribution in [0.3, 0.4) is 0 Å². The lowest BCUT2D eigenvalue weighted by Gasteiger charge is -2.09. The van der Waals surface area contributed by atoms with Crippen LogP contribution in [0, 0.1) is 5.92 Å². The minimum atomic E-state index is -2.68. The Bertz CT molecular complexity index is 368. The van der Waals surface area contributed by atoms with Crippen molar-refractivity contribution in [3.63, 3.8) is 0 Å². The third-order valence-corrected chi connectivity index (χ3v) is 2.52. The van der Waals surface area contributed by atoms with Crippen molar-refractivity contribution in [1.82, 2.24) is 9.78 Å². The summed E-state index contributed by atoms with van der Waals surface area (Å²) in [5.74, 6) is -1.80. The highest BCUT2D eigenvalue weighted by Gasteiger charge is 2.21. The number of alkyl halides is 2. The average Bonchev–Trinajstić information content (AvgIpc) is 2.46. The lowest BCUT2D eigenvalue weighted by molar-refractivity contribution is -0.141. The first-order valence-electron chi connectivity index (χ1n) is 4.15. The van der Waals surface area contributed by atoms with Crippen LogP contribution in [0.25, 0.3) is 0 Å². The smallest absolute Gasteiger partial charge is 0.308 e. The number of carboxylic acids is 1. The van der Waals surface area contributed by atoms with Crippen LogP contribution in [-0.4, -0.2) is 20.9 Å². The molecule has 0 saturated carbocycles. The fourth-order valence-corrected chi connectivity index (χ4v) is 1.54. The highest BCUT2D eigenvalue weighted by Crippen LogP contribution is 2.27. The fourth-order valence-electron chi connectivity index (χ4n) is 1.07. The summed E-state index contributed by atoms with van der Waals surface area (Å²) < 4.78 is 26.3. The van der Waals surface area contributed by atoms with E-state index in [0.29, 0.717) is 0 Å². The maximum absolute atomic E-state index is 12.5. The fraction of sp³-hybridized carbons (Fsp3) is 0.500. The molecule has 1 aromatic rings. The van der Waals surface area contributed by atoms with E-state index in [9.17, 15) is 13.6 Å². The Kier molecular flexibility index (Phi) is 3.78. The van der Waals surface area contributed by atoms with Crippen LogP contribution < -0.4 is 0 Å². The number of carboxylic acid groups (broad SMARTS) is 1. The summed E-state index contributed by atoms with van der Waals surface area (Å²) in [6.45, 7) is 1.37. The molecule has 0 aliphatic carbocycles. The van der Waals surface area contributed by atoms with Gasteiger partial charge in [-0.3, -0.25) is 9.48 Å². The second-order valence-electron chi connectivity index (χ2n) is 3.10. The van der Waals surface area contributed by atoms with E-state index in [-0.39, 0.29) is 16.7 Å². The highest BCUT2D eigenvalue weighted by molar-refractivity contribution is 9.10. The second kappa shape index (κ2) is 4.69. The Hall–Kier alpha value is -0.980. The average molecular weight is 283 g/mol. The van der Waals surface area contributed by atoms with E-state index in [4.69, 9.17) is 5.11 Å². The minimum absolute atomic E-state index is 0.0688. The topological polar surface area (TPSA) is 55.1 Å². The summed E-state index contributed by atoms with van der Waals surface area (Å²) in [7, 11) is 0. The van der Waals surface area contributed by atoms with Gasteiger partial charge in [0.05, 0.1) is 23.1 Å². The zero-order valence-corrected chi connectivity index (χ0v) is 9.41. The predicted molar refractivity (Wildman–Crippen MR) is 51.7 cm³/mol. The molecule has 0 amide bonds. The summed E-state index contributed by atoms with van der Waals surface area (Å²) in [6.07, 6.45) is -1.45. The number of aromatic nitrogens is 2. The standard InChI is InChI=1S/C8H9BrF2N2O2/c1-4(8(14)15)3-13-6(7(10)11)5(9)2-12-13/h2,4,7H,3H2,1H3,(H,14,15). The molecule has 0 radical (unpaired) electrons. The maximum Gasteiger partial charge on any atom is 0.308 e. The van der Waals surface area contributed by atoms with Crippen LogP contribution in [0.4, 0.5) is 8.78 Å². The highest BCUT2D eigenvalue weighted by atomic mass is 79.9. The number of halogens is 3. The van der Waals surface area contributed by atoms with Gasteiger partial charge in [0.25, 0.3) is 6.43 Å². The first-order valence-corrected chi connectivity index (χ1v) is 4.95. The van der Waals surface area contributed by atoms with Crippen molar-refractivity contribution in [3.8, 4) is 0 Å². The molecule has 7 heteroatoms. The minimum Gasteiger partial charge on any atom is -0.481 e. The van der Waals surface area contributed by atoms with Crippen LogP contribution in [-0.2, 0) is 11.3 Å². The molecule has 0 aliphatic heterocycles. The van der Waals surface area contributed by atoms with Crippen LogP contribution in [0.2, 0.25) is 0 Å². The van der Waals surface area contributed by atoms with Gasteiger partial charge in [0.15, 0.2) is 0 Å². The van der Waals surface area contributed by atoms with Crippen molar-refractivity contribution < 1.29 is 18.7 Å². The molecule has 1 atom stereocenters. The summed E-state index contributed by atoms with van der Waals surface area (Å²) in [4.78, 5) is 10.6. The van der Waals surface area contributed by atoms with E-state index in [0.717, 1.165) is 4.68 Å². The number of aliphatic carboxylic acids is 1. The maximum atomic E-state index is 12.5. The Balaban J connectivity index is 2.90. The summed E-state index contributed by atoms with van der Waals surface area (Å²) in [5, 5.41) is 12.3. The molecule has 0 saturated heterocycles. The van der Waals surface area contributed by atoms with Gasteiger partial charge in [0.1, 0.15) is 5.69 Å². The van der Waals surface area contributed by atoms with E-state index >= 15 is 0 Å². The van der Waals surface area contributed by atoms with Crippen LogP contribution in [0.1, 0.15) is 19.0 Å². The van der Waals surface area contributed by atoms with Crippen LogP contribution >= 0.6 is 15.9 Å². The SMILES string of the molecule is CC(Cn1ncc(Br)c1C(F)F)C(=O)O. The molecule has 1 rings (SSSR count). The summed E-state index contributed by atoms with van der Waals surface area (Å²) >= 11 is 2.93. The van der Waals surface area contributed by atoms with Gasteiger partial charge in [-0.1, -0.05) is 6.92 Å².